The molecule has 1 N–H and O–H groups in total. The van der Waals surface area contributed by atoms with Gasteiger partial charge in [0.25, 0.3) is 0 Å². The first kappa shape index (κ1) is 7.56. The van der Waals surface area contributed by atoms with Crippen LogP contribution < -0.4 is 5.32 Å². The van der Waals surface area contributed by atoms with Gasteiger partial charge in [0.05, 0.1) is 0 Å². The van der Waals surface area contributed by atoms with Gasteiger partial charge in [0, 0.05) is 14.0 Å². The van der Waals surface area contributed by atoms with Gasteiger partial charge in [-0.25, -0.2) is 0 Å². The van der Waals surface area contributed by atoms with Gasteiger partial charge in [0.15, 0.2) is 0 Å². The molecule has 0 aromatic carbocycles. The number of rotatable bonds is 1. The number of hydrogen-bond acceptors (Lipinski definition) is 2. The van der Waals surface area contributed by atoms with E-state index in [4.69, 9.17) is 0 Å². The molecule has 2 aliphatic heterocycles. The molecular formula is C9H20N2. The van der Waals surface area contributed by atoms with Crippen LogP contribution in [-0.4, -0.2) is 37.1 Å². The molecule has 0 spiro atoms. The summed E-state index contributed by atoms with van der Waals surface area (Å²) in [5.41, 5.74) is 0. The summed E-state index contributed by atoms with van der Waals surface area (Å²) in [4.78, 5) is 2.58. The van der Waals surface area contributed by atoms with Crippen LogP contribution in [0.15, 0.2) is 0 Å². The lowest BCUT2D eigenvalue weighted by molar-refractivity contribution is 0.170. The summed E-state index contributed by atoms with van der Waals surface area (Å²) in [5, 5.41) is 3.58. The lowest BCUT2D eigenvalue weighted by Crippen LogP contribution is -2.44. The Morgan fingerprint density at radius 3 is 3.27 bits per heavy atom. The molecular weight excluding hydrogens is 136 g/mol. The number of fused-ring (bicyclic) bond motifs is 1. The molecule has 2 atom stereocenters. The molecule has 0 amide bonds. The average molecular weight is 156 g/mol. The SMILES string of the molecule is CCN1CCC2NCCC2C1.[HH]. The number of nitrogens with one attached hydrogen (secondary N) is 1. The summed E-state index contributed by atoms with van der Waals surface area (Å²) >= 11 is 0. The van der Waals surface area contributed by atoms with Gasteiger partial charge in [0.2, 0.25) is 0 Å². The standard InChI is InChI=1S/C9H18N2.H2/c1-2-11-6-4-9-8(7-11)3-5-10-9;/h8-10H,2-7H2,1H3;1H. The summed E-state index contributed by atoms with van der Waals surface area (Å²) < 4.78 is 0. The molecule has 0 radical (unpaired) electrons. The van der Waals surface area contributed by atoms with Crippen LogP contribution in [0.25, 0.3) is 0 Å². The fourth-order valence-electron chi connectivity index (χ4n) is 2.41. The zero-order valence-electron chi connectivity index (χ0n) is 7.34. The van der Waals surface area contributed by atoms with Crippen molar-refractivity contribution in [3.05, 3.63) is 0 Å². The summed E-state index contributed by atoms with van der Waals surface area (Å²) in [5.74, 6) is 0.962. The molecule has 0 aromatic heterocycles. The van der Waals surface area contributed by atoms with Gasteiger partial charge in [-0.05, 0) is 38.4 Å². The quantitative estimate of drug-likeness (QED) is 0.608. The molecule has 0 saturated carbocycles. The zero-order chi connectivity index (χ0) is 7.68. The van der Waals surface area contributed by atoms with E-state index in [-0.39, 0.29) is 1.43 Å². The van der Waals surface area contributed by atoms with Crippen molar-refractivity contribution in [3.8, 4) is 0 Å². The molecule has 2 saturated heterocycles. The van der Waals surface area contributed by atoms with Crippen molar-refractivity contribution in [1.29, 1.82) is 0 Å². The number of likely N-dealkylation sites (tertiary alicyclic amines) is 1. The second-order valence-electron chi connectivity index (χ2n) is 3.79. The number of hydrogen-bond donors (Lipinski definition) is 1. The third-order valence-electron chi connectivity index (χ3n) is 3.19. The van der Waals surface area contributed by atoms with E-state index in [2.05, 4.69) is 17.1 Å². The Labute approximate surface area is 70.4 Å². The Kier molecular flexibility index (Phi) is 2.14. The highest BCUT2D eigenvalue weighted by Gasteiger charge is 2.31. The Balaban J connectivity index is 0.000000720. The summed E-state index contributed by atoms with van der Waals surface area (Å²) in [6, 6.07) is 0.859. The van der Waals surface area contributed by atoms with Gasteiger partial charge in [-0.2, -0.15) is 0 Å². The molecule has 66 valence electrons. The second kappa shape index (κ2) is 3.11. The molecule has 0 aromatic rings. The Bertz CT molecular complexity index is 140. The molecule has 0 aliphatic carbocycles. The van der Waals surface area contributed by atoms with E-state index in [0.717, 1.165) is 12.0 Å². The highest BCUT2D eigenvalue weighted by Crippen LogP contribution is 2.23. The molecule has 2 fully saturated rings. The number of piperidine rings is 1. The second-order valence-corrected chi connectivity index (χ2v) is 3.79. The van der Waals surface area contributed by atoms with E-state index in [1.54, 1.807) is 0 Å². The van der Waals surface area contributed by atoms with E-state index >= 15 is 0 Å². The Morgan fingerprint density at radius 2 is 2.45 bits per heavy atom. The van der Waals surface area contributed by atoms with Crippen molar-refractivity contribution in [2.24, 2.45) is 5.92 Å². The molecule has 2 unspecified atom stereocenters. The van der Waals surface area contributed by atoms with Crippen molar-refractivity contribution in [2.45, 2.75) is 25.8 Å². The third-order valence-corrected chi connectivity index (χ3v) is 3.19. The minimum Gasteiger partial charge on any atom is -0.314 e. The maximum Gasteiger partial charge on any atom is 0.0120 e. The largest absolute Gasteiger partial charge is 0.314 e. The van der Waals surface area contributed by atoms with Crippen molar-refractivity contribution >= 4 is 0 Å². The lowest BCUT2D eigenvalue weighted by Gasteiger charge is -2.33. The minimum absolute atomic E-state index is 0. The van der Waals surface area contributed by atoms with E-state index in [1.807, 2.05) is 0 Å². The van der Waals surface area contributed by atoms with Crippen LogP contribution >= 0.6 is 0 Å². The van der Waals surface area contributed by atoms with Crippen LogP contribution in [0, 0.1) is 5.92 Å². The van der Waals surface area contributed by atoms with Crippen LogP contribution in [0.4, 0.5) is 0 Å². The Hall–Kier alpha value is -0.0800. The fourth-order valence-corrected chi connectivity index (χ4v) is 2.41. The minimum atomic E-state index is 0. The predicted molar refractivity (Wildman–Crippen MR) is 48.7 cm³/mol. The fraction of sp³-hybridized carbons (Fsp3) is 1.00. The van der Waals surface area contributed by atoms with Crippen LogP contribution in [0.1, 0.15) is 21.2 Å². The van der Waals surface area contributed by atoms with Crippen LogP contribution in [0.5, 0.6) is 0 Å². The first-order chi connectivity index (χ1) is 5.40. The van der Waals surface area contributed by atoms with E-state index in [9.17, 15) is 0 Å². The zero-order valence-corrected chi connectivity index (χ0v) is 7.34. The van der Waals surface area contributed by atoms with Crippen molar-refractivity contribution in [2.75, 3.05) is 26.2 Å². The van der Waals surface area contributed by atoms with E-state index < -0.39 is 0 Å². The van der Waals surface area contributed by atoms with E-state index in [0.29, 0.717) is 0 Å². The molecule has 11 heavy (non-hydrogen) atoms. The third kappa shape index (κ3) is 1.42. The maximum atomic E-state index is 3.58. The number of nitrogens with zero attached hydrogens (tertiary/aromatic N) is 1. The van der Waals surface area contributed by atoms with Crippen LogP contribution in [0.2, 0.25) is 0 Å². The monoisotopic (exact) mass is 156 g/mol. The highest BCUT2D eigenvalue weighted by atomic mass is 15.2. The lowest BCUT2D eigenvalue weighted by atomic mass is 9.93. The molecule has 2 nitrogen and oxygen atoms in total. The molecule has 2 aliphatic rings. The van der Waals surface area contributed by atoms with Gasteiger partial charge in [0.1, 0.15) is 0 Å². The van der Waals surface area contributed by atoms with Gasteiger partial charge >= 0.3 is 0 Å². The van der Waals surface area contributed by atoms with Gasteiger partial charge < -0.3 is 10.2 Å². The smallest absolute Gasteiger partial charge is 0.0120 e. The average Bonchev–Trinajstić information content (AvgIpc) is 2.50. The Morgan fingerprint density at radius 1 is 1.55 bits per heavy atom. The van der Waals surface area contributed by atoms with E-state index in [1.165, 1.54) is 39.0 Å². The summed E-state index contributed by atoms with van der Waals surface area (Å²) in [7, 11) is 0. The first-order valence-corrected chi connectivity index (χ1v) is 4.86. The maximum absolute atomic E-state index is 3.58. The topological polar surface area (TPSA) is 15.3 Å². The van der Waals surface area contributed by atoms with Crippen molar-refractivity contribution in [3.63, 3.8) is 0 Å². The predicted octanol–water partition coefficient (Wildman–Crippen LogP) is 0.936. The molecule has 0 bridgehead atoms. The molecule has 2 heterocycles. The van der Waals surface area contributed by atoms with Gasteiger partial charge in [-0.1, -0.05) is 6.92 Å². The van der Waals surface area contributed by atoms with Crippen LogP contribution in [0.3, 0.4) is 0 Å². The molecule has 2 heteroatoms. The summed E-state index contributed by atoms with van der Waals surface area (Å²) in [6.45, 7) is 7.41. The van der Waals surface area contributed by atoms with Gasteiger partial charge in [-0.15, -0.1) is 0 Å². The van der Waals surface area contributed by atoms with Crippen molar-refractivity contribution in [1.82, 2.24) is 10.2 Å². The van der Waals surface area contributed by atoms with Crippen LogP contribution in [-0.2, 0) is 0 Å². The van der Waals surface area contributed by atoms with Crippen molar-refractivity contribution < 1.29 is 1.43 Å². The van der Waals surface area contributed by atoms with Gasteiger partial charge in [-0.3, -0.25) is 0 Å². The summed E-state index contributed by atoms with van der Waals surface area (Å²) in [6.07, 6.45) is 2.78. The molecule has 2 rings (SSSR count). The normalized spacial score (nSPS) is 39.0. The highest BCUT2D eigenvalue weighted by molar-refractivity contribution is 4.89. The first-order valence-electron chi connectivity index (χ1n) is 4.86.